The lowest BCUT2D eigenvalue weighted by molar-refractivity contribution is -0.268. The Morgan fingerprint density at radius 3 is 2.24 bits per heavy atom. The average molecular weight is 231 g/mol. The predicted molar refractivity (Wildman–Crippen MR) is 58.2 cm³/mol. The minimum absolute atomic E-state index is 0.285. The second-order valence-electron chi connectivity index (χ2n) is 3.52. The highest BCUT2D eigenvalue weighted by Gasteiger charge is 2.06. The van der Waals surface area contributed by atoms with E-state index in [0.29, 0.717) is 11.1 Å². The summed E-state index contributed by atoms with van der Waals surface area (Å²) in [5, 5.41) is 20.1. The van der Waals surface area contributed by atoms with Crippen molar-refractivity contribution in [2.45, 2.75) is 0 Å². The molecule has 0 saturated heterocycles. The standard InChI is InChI=1S/C13H9FO3/c14-10-4-1-8(2-5-10)9-3-6-12(15)11(7-9)13(16)17/h1-7,15H,(H,16,17)/p-1. The number of carboxylic acid groups (broad SMARTS) is 1. The van der Waals surface area contributed by atoms with E-state index in [1.807, 2.05) is 0 Å². The third-order valence-electron chi connectivity index (χ3n) is 2.39. The number of carboxylic acids is 1. The first kappa shape index (κ1) is 11.1. The van der Waals surface area contributed by atoms with Crippen LogP contribution in [0.4, 0.5) is 4.39 Å². The summed E-state index contributed by atoms with van der Waals surface area (Å²) in [5.74, 6) is -2.17. The molecule has 0 aliphatic carbocycles. The molecule has 0 atom stereocenters. The van der Waals surface area contributed by atoms with Gasteiger partial charge in [0.1, 0.15) is 5.82 Å². The highest BCUT2D eigenvalue weighted by molar-refractivity contribution is 5.92. The van der Waals surface area contributed by atoms with Crippen LogP contribution in [-0.4, -0.2) is 11.1 Å². The Kier molecular flexibility index (Phi) is 2.78. The van der Waals surface area contributed by atoms with Crippen molar-refractivity contribution < 1.29 is 19.4 Å². The maximum absolute atomic E-state index is 12.7. The Bertz CT molecular complexity index is 561. The fourth-order valence-electron chi connectivity index (χ4n) is 1.52. The number of aromatic carboxylic acids is 1. The number of halogens is 1. The molecule has 1 N–H and O–H groups in total. The molecule has 17 heavy (non-hydrogen) atoms. The van der Waals surface area contributed by atoms with Gasteiger partial charge in [0.2, 0.25) is 0 Å². The molecule has 0 unspecified atom stereocenters. The SMILES string of the molecule is O=C(O)c1cc(-c2ccc(F)cc2)ccc1[O-]. The van der Waals surface area contributed by atoms with Crippen LogP contribution in [0.1, 0.15) is 10.4 Å². The summed E-state index contributed by atoms with van der Waals surface area (Å²) in [5.41, 5.74) is 0.947. The van der Waals surface area contributed by atoms with Crippen molar-refractivity contribution in [3.8, 4) is 16.9 Å². The fourth-order valence-corrected chi connectivity index (χ4v) is 1.52. The van der Waals surface area contributed by atoms with E-state index in [1.54, 1.807) is 0 Å². The fraction of sp³-hybridized carbons (Fsp3) is 0. The Hall–Kier alpha value is -2.36. The van der Waals surface area contributed by atoms with Gasteiger partial charge in [0.15, 0.2) is 0 Å². The van der Waals surface area contributed by atoms with E-state index in [2.05, 4.69) is 0 Å². The van der Waals surface area contributed by atoms with Crippen LogP contribution in [0.3, 0.4) is 0 Å². The molecule has 0 radical (unpaired) electrons. The first-order valence-corrected chi connectivity index (χ1v) is 4.88. The molecule has 0 heterocycles. The predicted octanol–water partition coefficient (Wildman–Crippen LogP) is 2.26. The summed E-state index contributed by atoms with van der Waals surface area (Å²) in [7, 11) is 0. The van der Waals surface area contributed by atoms with Crippen LogP contribution in [0.5, 0.6) is 5.75 Å². The summed E-state index contributed by atoms with van der Waals surface area (Å²) in [6.45, 7) is 0. The Morgan fingerprint density at radius 2 is 1.65 bits per heavy atom. The van der Waals surface area contributed by atoms with Gasteiger partial charge >= 0.3 is 5.97 Å². The number of hydrogen-bond donors (Lipinski definition) is 1. The van der Waals surface area contributed by atoms with Crippen LogP contribution in [0.15, 0.2) is 42.5 Å². The molecule has 2 aromatic carbocycles. The van der Waals surface area contributed by atoms with E-state index in [-0.39, 0.29) is 11.4 Å². The van der Waals surface area contributed by atoms with Gasteiger partial charge in [0.05, 0.1) is 5.56 Å². The Morgan fingerprint density at radius 1 is 1.06 bits per heavy atom. The average Bonchev–Trinajstić information content (AvgIpc) is 2.30. The van der Waals surface area contributed by atoms with E-state index in [4.69, 9.17) is 5.11 Å². The van der Waals surface area contributed by atoms with Gasteiger partial charge in [-0.1, -0.05) is 30.0 Å². The topological polar surface area (TPSA) is 60.4 Å². The van der Waals surface area contributed by atoms with E-state index in [0.717, 1.165) is 0 Å². The summed E-state index contributed by atoms with van der Waals surface area (Å²) < 4.78 is 12.7. The van der Waals surface area contributed by atoms with E-state index in [9.17, 15) is 14.3 Å². The van der Waals surface area contributed by atoms with Crippen molar-refractivity contribution in [1.82, 2.24) is 0 Å². The van der Waals surface area contributed by atoms with Crippen LogP contribution >= 0.6 is 0 Å². The minimum atomic E-state index is -1.26. The van der Waals surface area contributed by atoms with Crippen LogP contribution < -0.4 is 5.11 Å². The molecule has 0 fully saturated rings. The van der Waals surface area contributed by atoms with Gasteiger partial charge in [0.25, 0.3) is 0 Å². The van der Waals surface area contributed by atoms with Crippen LogP contribution in [-0.2, 0) is 0 Å². The zero-order valence-electron chi connectivity index (χ0n) is 8.68. The Balaban J connectivity index is 2.50. The zero-order chi connectivity index (χ0) is 12.4. The van der Waals surface area contributed by atoms with Gasteiger partial charge in [-0.05, 0) is 29.3 Å². The van der Waals surface area contributed by atoms with Crippen molar-refractivity contribution in [3.05, 3.63) is 53.8 Å². The molecule has 2 rings (SSSR count). The lowest BCUT2D eigenvalue weighted by Gasteiger charge is -2.11. The first-order valence-electron chi connectivity index (χ1n) is 4.88. The monoisotopic (exact) mass is 231 g/mol. The zero-order valence-corrected chi connectivity index (χ0v) is 8.68. The molecule has 0 saturated carbocycles. The highest BCUT2D eigenvalue weighted by atomic mass is 19.1. The van der Waals surface area contributed by atoms with Crippen LogP contribution in [0.2, 0.25) is 0 Å². The third kappa shape index (κ3) is 2.25. The summed E-state index contributed by atoms with van der Waals surface area (Å²) in [4.78, 5) is 10.8. The Labute approximate surface area is 96.8 Å². The molecule has 4 heteroatoms. The summed E-state index contributed by atoms with van der Waals surface area (Å²) in [6.07, 6.45) is 0. The van der Waals surface area contributed by atoms with E-state index < -0.39 is 11.7 Å². The molecule has 0 aromatic heterocycles. The number of hydrogen-bond acceptors (Lipinski definition) is 2. The van der Waals surface area contributed by atoms with Gasteiger partial charge in [0, 0.05) is 0 Å². The van der Waals surface area contributed by atoms with Crippen molar-refractivity contribution >= 4 is 5.97 Å². The van der Waals surface area contributed by atoms with Gasteiger partial charge in [-0.15, -0.1) is 0 Å². The smallest absolute Gasteiger partial charge is 0.335 e. The van der Waals surface area contributed by atoms with Crippen LogP contribution in [0, 0.1) is 5.82 Å². The molecule has 0 aliphatic heterocycles. The maximum Gasteiger partial charge on any atom is 0.335 e. The molecular weight excluding hydrogens is 223 g/mol. The molecule has 0 bridgehead atoms. The van der Waals surface area contributed by atoms with Crippen molar-refractivity contribution in [2.24, 2.45) is 0 Å². The maximum atomic E-state index is 12.7. The second kappa shape index (κ2) is 4.25. The lowest BCUT2D eigenvalue weighted by Crippen LogP contribution is -2.03. The molecule has 0 aliphatic rings. The number of benzene rings is 2. The molecule has 2 aromatic rings. The second-order valence-corrected chi connectivity index (χ2v) is 3.52. The van der Waals surface area contributed by atoms with Gasteiger partial charge in [-0.25, -0.2) is 9.18 Å². The number of rotatable bonds is 2. The van der Waals surface area contributed by atoms with Crippen LogP contribution in [0.25, 0.3) is 11.1 Å². The van der Waals surface area contributed by atoms with Gasteiger partial charge in [-0.2, -0.15) is 0 Å². The van der Waals surface area contributed by atoms with Crippen molar-refractivity contribution in [3.63, 3.8) is 0 Å². The minimum Gasteiger partial charge on any atom is -0.872 e. The van der Waals surface area contributed by atoms with Crippen molar-refractivity contribution in [1.29, 1.82) is 0 Å². The highest BCUT2D eigenvalue weighted by Crippen LogP contribution is 2.24. The molecule has 0 amide bonds. The largest absolute Gasteiger partial charge is 0.872 e. The number of carbonyl (C=O) groups is 1. The normalized spacial score (nSPS) is 10.2. The van der Waals surface area contributed by atoms with E-state index in [1.165, 1.54) is 42.5 Å². The lowest BCUT2D eigenvalue weighted by atomic mass is 10.0. The summed E-state index contributed by atoms with van der Waals surface area (Å²) >= 11 is 0. The summed E-state index contributed by atoms with van der Waals surface area (Å²) in [6, 6.07) is 9.62. The quantitative estimate of drug-likeness (QED) is 0.862. The van der Waals surface area contributed by atoms with Gasteiger partial charge < -0.3 is 10.2 Å². The third-order valence-corrected chi connectivity index (χ3v) is 2.39. The molecular formula is C13H8FO3-. The van der Waals surface area contributed by atoms with E-state index >= 15 is 0 Å². The first-order chi connectivity index (χ1) is 8.08. The van der Waals surface area contributed by atoms with Gasteiger partial charge in [-0.3, -0.25) is 0 Å². The molecule has 0 spiro atoms. The molecule has 3 nitrogen and oxygen atoms in total. The molecule has 86 valence electrons. The van der Waals surface area contributed by atoms with Crippen molar-refractivity contribution in [2.75, 3.05) is 0 Å².